The molecule has 0 aliphatic carbocycles. The third-order valence-electron chi connectivity index (χ3n) is 2.22. The van der Waals surface area contributed by atoms with Gasteiger partial charge in [-0.25, -0.2) is 0 Å². The Bertz CT molecular complexity index is 481. The number of nitrogens with two attached hydrogens (primary N) is 1. The number of benzene rings is 1. The average Bonchev–Trinajstić information content (AvgIpc) is 2.86. The maximum absolute atomic E-state index is 5.49. The van der Waals surface area contributed by atoms with Crippen molar-refractivity contribution < 1.29 is 9.15 Å². The van der Waals surface area contributed by atoms with Gasteiger partial charge >= 0.3 is 6.01 Å². The number of ether oxygens (including phenoxy) is 1. The Morgan fingerprint density at radius 1 is 1.28 bits per heavy atom. The van der Waals surface area contributed by atoms with Crippen molar-refractivity contribution in [1.82, 2.24) is 10.2 Å². The van der Waals surface area contributed by atoms with Crippen LogP contribution in [0.1, 0.15) is 19.2 Å². The van der Waals surface area contributed by atoms with Gasteiger partial charge in [-0.15, -0.1) is 5.10 Å². The summed E-state index contributed by atoms with van der Waals surface area (Å²) >= 11 is 0. The van der Waals surface area contributed by atoms with Crippen LogP contribution >= 0.6 is 0 Å². The Morgan fingerprint density at radius 2 is 2.06 bits per heavy atom. The van der Waals surface area contributed by atoms with Crippen LogP contribution in [0.15, 0.2) is 28.7 Å². The third kappa shape index (κ3) is 3.21. The van der Waals surface area contributed by atoms with Gasteiger partial charge in [0.15, 0.2) is 0 Å². The van der Waals surface area contributed by atoms with Gasteiger partial charge in [0.25, 0.3) is 0 Å². The first-order chi connectivity index (χ1) is 8.81. The first kappa shape index (κ1) is 12.4. The molecule has 1 heterocycles. The van der Waals surface area contributed by atoms with E-state index in [4.69, 9.17) is 14.9 Å². The summed E-state index contributed by atoms with van der Waals surface area (Å²) in [5, 5.41) is 10.6. The van der Waals surface area contributed by atoms with E-state index in [9.17, 15) is 0 Å². The van der Waals surface area contributed by atoms with E-state index in [1.807, 2.05) is 24.3 Å². The molecule has 1 aromatic carbocycles. The highest BCUT2D eigenvalue weighted by Crippen LogP contribution is 2.19. The van der Waals surface area contributed by atoms with E-state index in [0.717, 1.165) is 24.5 Å². The van der Waals surface area contributed by atoms with Gasteiger partial charge in [0.2, 0.25) is 5.89 Å². The standard InChI is InChI=1S/C12H16N4O2/c1-2-7-17-10-5-3-9(4-6-10)14-12-16-15-11(8-13)18-12/h3-6H,2,7-8,13H2,1H3,(H,14,16). The number of rotatable bonds is 6. The molecule has 0 saturated carbocycles. The minimum atomic E-state index is 0.235. The summed E-state index contributed by atoms with van der Waals surface area (Å²) in [7, 11) is 0. The lowest BCUT2D eigenvalue weighted by molar-refractivity contribution is 0.317. The van der Waals surface area contributed by atoms with Crippen LogP contribution in [-0.2, 0) is 6.54 Å². The molecule has 3 N–H and O–H groups in total. The Kier molecular flexibility index (Phi) is 4.14. The maximum atomic E-state index is 5.49. The minimum Gasteiger partial charge on any atom is -0.494 e. The van der Waals surface area contributed by atoms with E-state index in [1.165, 1.54) is 0 Å². The molecule has 1 aromatic heterocycles. The zero-order valence-electron chi connectivity index (χ0n) is 10.2. The summed E-state index contributed by atoms with van der Waals surface area (Å²) in [5.41, 5.74) is 6.24. The SMILES string of the molecule is CCCOc1ccc(Nc2nnc(CN)o2)cc1. The molecule has 2 rings (SSSR count). The third-order valence-corrected chi connectivity index (χ3v) is 2.22. The molecule has 0 saturated heterocycles. The fourth-order valence-electron chi connectivity index (χ4n) is 1.36. The smallest absolute Gasteiger partial charge is 0.320 e. The predicted molar refractivity (Wildman–Crippen MR) is 67.7 cm³/mol. The van der Waals surface area contributed by atoms with Crippen molar-refractivity contribution in [1.29, 1.82) is 0 Å². The van der Waals surface area contributed by atoms with Gasteiger partial charge < -0.3 is 20.2 Å². The summed E-state index contributed by atoms with van der Waals surface area (Å²) in [5.74, 6) is 1.25. The van der Waals surface area contributed by atoms with Crippen molar-refractivity contribution in [2.45, 2.75) is 19.9 Å². The van der Waals surface area contributed by atoms with E-state index in [2.05, 4.69) is 22.4 Å². The summed E-state index contributed by atoms with van der Waals surface area (Å²) < 4.78 is 10.7. The summed E-state index contributed by atoms with van der Waals surface area (Å²) in [6.45, 7) is 3.02. The molecule has 0 amide bonds. The fourth-order valence-corrected chi connectivity index (χ4v) is 1.36. The van der Waals surface area contributed by atoms with Crippen molar-refractivity contribution >= 4 is 11.7 Å². The van der Waals surface area contributed by atoms with E-state index in [1.54, 1.807) is 0 Å². The lowest BCUT2D eigenvalue weighted by Crippen LogP contribution is -1.95. The molecule has 96 valence electrons. The van der Waals surface area contributed by atoms with Crippen LogP contribution in [0, 0.1) is 0 Å². The highest BCUT2D eigenvalue weighted by atomic mass is 16.5. The number of hydrogen-bond donors (Lipinski definition) is 2. The van der Waals surface area contributed by atoms with Gasteiger partial charge in [-0.05, 0) is 30.7 Å². The second-order valence-electron chi connectivity index (χ2n) is 3.70. The quantitative estimate of drug-likeness (QED) is 0.813. The summed E-state index contributed by atoms with van der Waals surface area (Å²) in [6.07, 6.45) is 0.990. The van der Waals surface area contributed by atoms with Crippen molar-refractivity contribution in [2.24, 2.45) is 5.73 Å². The molecule has 0 spiro atoms. The number of nitrogens with one attached hydrogen (secondary N) is 1. The second-order valence-corrected chi connectivity index (χ2v) is 3.70. The number of nitrogens with zero attached hydrogens (tertiary/aromatic N) is 2. The highest BCUT2D eigenvalue weighted by Gasteiger charge is 2.04. The Balaban J connectivity index is 1.97. The summed E-state index contributed by atoms with van der Waals surface area (Å²) in [4.78, 5) is 0. The maximum Gasteiger partial charge on any atom is 0.320 e. The predicted octanol–water partition coefficient (Wildman–Crippen LogP) is 2.06. The van der Waals surface area contributed by atoms with Crippen LogP contribution < -0.4 is 15.8 Å². The number of hydrogen-bond acceptors (Lipinski definition) is 6. The first-order valence-electron chi connectivity index (χ1n) is 5.84. The molecule has 2 aromatic rings. The van der Waals surface area contributed by atoms with Crippen LogP contribution in [0.3, 0.4) is 0 Å². The Labute approximate surface area is 105 Å². The van der Waals surface area contributed by atoms with Gasteiger partial charge in [0, 0.05) is 5.69 Å². The van der Waals surface area contributed by atoms with Gasteiger partial charge in [-0.2, -0.15) is 0 Å². The molecule has 0 aliphatic rings. The molecule has 0 atom stereocenters. The Morgan fingerprint density at radius 3 is 2.67 bits per heavy atom. The largest absolute Gasteiger partial charge is 0.494 e. The van der Waals surface area contributed by atoms with Crippen molar-refractivity contribution in [3.63, 3.8) is 0 Å². The van der Waals surface area contributed by atoms with Crippen LogP contribution in [0.25, 0.3) is 0 Å². The van der Waals surface area contributed by atoms with Crippen molar-refractivity contribution in [3.8, 4) is 5.75 Å². The fraction of sp³-hybridized carbons (Fsp3) is 0.333. The number of aromatic nitrogens is 2. The molecule has 6 nitrogen and oxygen atoms in total. The zero-order chi connectivity index (χ0) is 12.8. The molecular weight excluding hydrogens is 232 g/mol. The van der Waals surface area contributed by atoms with Crippen LogP contribution in [0.5, 0.6) is 5.75 Å². The molecular formula is C12H16N4O2. The second kappa shape index (κ2) is 6.02. The van der Waals surface area contributed by atoms with Crippen molar-refractivity contribution in [3.05, 3.63) is 30.2 Å². The van der Waals surface area contributed by atoms with Gasteiger partial charge in [-0.1, -0.05) is 12.0 Å². The monoisotopic (exact) mass is 248 g/mol. The molecule has 18 heavy (non-hydrogen) atoms. The highest BCUT2D eigenvalue weighted by molar-refractivity contribution is 5.53. The summed E-state index contributed by atoms with van der Waals surface area (Å²) in [6, 6.07) is 7.88. The molecule has 0 aliphatic heterocycles. The van der Waals surface area contributed by atoms with E-state index < -0.39 is 0 Å². The lowest BCUT2D eigenvalue weighted by atomic mass is 10.3. The normalized spacial score (nSPS) is 10.3. The molecule has 6 heteroatoms. The van der Waals surface area contributed by atoms with Crippen molar-refractivity contribution in [2.75, 3.05) is 11.9 Å². The van der Waals surface area contributed by atoms with Crippen LogP contribution in [0.2, 0.25) is 0 Å². The molecule has 0 radical (unpaired) electrons. The first-order valence-corrected chi connectivity index (χ1v) is 5.84. The average molecular weight is 248 g/mol. The zero-order valence-corrected chi connectivity index (χ0v) is 10.2. The topological polar surface area (TPSA) is 86.2 Å². The minimum absolute atomic E-state index is 0.235. The van der Waals surface area contributed by atoms with Gasteiger partial charge in [0.05, 0.1) is 13.2 Å². The van der Waals surface area contributed by atoms with Gasteiger partial charge in [0.1, 0.15) is 5.75 Å². The molecule has 0 bridgehead atoms. The van der Waals surface area contributed by atoms with E-state index in [0.29, 0.717) is 11.9 Å². The van der Waals surface area contributed by atoms with E-state index in [-0.39, 0.29) is 6.54 Å². The van der Waals surface area contributed by atoms with Gasteiger partial charge in [-0.3, -0.25) is 0 Å². The molecule has 0 unspecified atom stereocenters. The number of anilines is 2. The van der Waals surface area contributed by atoms with Crippen LogP contribution in [-0.4, -0.2) is 16.8 Å². The lowest BCUT2D eigenvalue weighted by Gasteiger charge is -2.05. The van der Waals surface area contributed by atoms with Crippen LogP contribution in [0.4, 0.5) is 11.7 Å². The van der Waals surface area contributed by atoms with E-state index >= 15 is 0 Å². The molecule has 0 fully saturated rings. The Hall–Kier alpha value is -2.08.